The van der Waals surface area contributed by atoms with E-state index in [2.05, 4.69) is 12.0 Å². The summed E-state index contributed by atoms with van der Waals surface area (Å²) in [6, 6.07) is 7.53. The van der Waals surface area contributed by atoms with Gasteiger partial charge in [0.1, 0.15) is 5.56 Å². The first-order valence-corrected chi connectivity index (χ1v) is 9.97. The Hall–Kier alpha value is -2.34. The van der Waals surface area contributed by atoms with E-state index < -0.39 is 5.97 Å². The quantitative estimate of drug-likeness (QED) is 0.715. The SMILES string of the molecule is Cc1nn(Cc2ccccc2Cl)c(C)c1C(=O)OCC(=O)N1CCC(C)CC1. The minimum absolute atomic E-state index is 0.140. The topological polar surface area (TPSA) is 64.4 Å². The van der Waals surface area contributed by atoms with E-state index in [-0.39, 0.29) is 12.5 Å². The van der Waals surface area contributed by atoms with Gasteiger partial charge in [-0.15, -0.1) is 0 Å². The average molecular weight is 404 g/mol. The Kier molecular flexibility index (Phi) is 6.39. The molecule has 0 atom stereocenters. The molecular weight excluding hydrogens is 378 g/mol. The first-order chi connectivity index (χ1) is 13.4. The second-order valence-corrected chi connectivity index (χ2v) is 7.84. The van der Waals surface area contributed by atoms with Crippen LogP contribution in [0.1, 0.15) is 47.1 Å². The van der Waals surface area contributed by atoms with Crippen LogP contribution in [0.15, 0.2) is 24.3 Å². The predicted molar refractivity (Wildman–Crippen MR) is 108 cm³/mol. The molecule has 1 amide bonds. The lowest BCUT2D eigenvalue weighted by Crippen LogP contribution is -2.40. The van der Waals surface area contributed by atoms with Crippen LogP contribution in [0.4, 0.5) is 0 Å². The molecule has 0 aliphatic carbocycles. The minimum atomic E-state index is -0.515. The van der Waals surface area contributed by atoms with Crippen LogP contribution in [0.25, 0.3) is 0 Å². The number of amides is 1. The molecule has 2 heterocycles. The molecule has 1 aromatic heterocycles. The van der Waals surface area contributed by atoms with Crippen molar-refractivity contribution >= 4 is 23.5 Å². The highest BCUT2D eigenvalue weighted by molar-refractivity contribution is 6.31. The summed E-state index contributed by atoms with van der Waals surface area (Å²) < 4.78 is 7.05. The van der Waals surface area contributed by atoms with Crippen molar-refractivity contribution < 1.29 is 14.3 Å². The second kappa shape index (κ2) is 8.78. The molecular formula is C21H26ClN3O3. The lowest BCUT2D eigenvalue weighted by Gasteiger charge is -2.30. The summed E-state index contributed by atoms with van der Waals surface area (Å²) in [5.41, 5.74) is 2.60. The van der Waals surface area contributed by atoms with Crippen LogP contribution in [-0.2, 0) is 16.1 Å². The average Bonchev–Trinajstić information content (AvgIpc) is 2.95. The Morgan fingerprint density at radius 1 is 1.21 bits per heavy atom. The number of halogens is 1. The zero-order chi connectivity index (χ0) is 20.3. The van der Waals surface area contributed by atoms with Gasteiger partial charge in [-0.3, -0.25) is 9.48 Å². The first kappa shape index (κ1) is 20.4. The summed E-state index contributed by atoms with van der Waals surface area (Å²) in [4.78, 5) is 26.7. The summed E-state index contributed by atoms with van der Waals surface area (Å²) >= 11 is 6.23. The Labute approximate surface area is 170 Å². The van der Waals surface area contributed by atoms with E-state index in [1.165, 1.54) is 0 Å². The minimum Gasteiger partial charge on any atom is -0.452 e. The van der Waals surface area contributed by atoms with Gasteiger partial charge in [0.25, 0.3) is 5.91 Å². The fraction of sp³-hybridized carbons (Fsp3) is 0.476. The highest BCUT2D eigenvalue weighted by atomic mass is 35.5. The molecule has 1 aromatic carbocycles. The zero-order valence-electron chi connectivity index (χ0n) is 16.6. The molecule has 0 spiro atoms. The maximum absolute atomic E-state index is 12.6. The van der Waals surface area contributed by atoms with Crippen molar-refractivity contribution in [3.63, 3.8) is 0 Å². The number of carbonyl (C=O) groups is 2. The number of aryl methyl sites for hydroxylation is 1. The van der Waals surface area contributed by atoms with Crippen LogP contribution in [-0.4, -0.2) is 46.3 Å². The van der Waals surface area contributed by atoms with E-state index in [1.54, 1.807) is 16.5 Å². The normalized spacial score (nSPS) is 14.9. The van der Waals surface area contributed by atoms with Crippen LogP contribution in [0, 0.1) is 19.8 Å². The van der Waals surface area contributed by atoms with E-state index in [0.29, 0.717) is 34.4 Å². The summed E-state index contributed by atoms with van der Waals surface area (Å²) in [7, 11) is 0. The van der Waals surface area contributed by atoms with Gasteiger partial charge in [-0.05, 0) is 44.2 Å². The van der Waals surface area contributed by atoms with Gasteiger partial charge in [0.2, 0.25) is 0 Å². The Morgan fingerprint density at radius 2 is 1.89 bits per heavy atom. The number of nitrogens with zero attached hydrogens (tertiary/aromatic N) is 3. The second-order valence-electron chi connectivity index (χ2n) is 7.43. The molecule has 1 fully saturated rings. The van der Waals surface area contributed by atoms with E-state index in [0.717, 1.165) is 31.5 Å². The number of esters is 1. The molecule has 3 rings (SSSR count). The number of aromatic nitrogens is 2. The highest BCUT2D eigenvalue weighted by Crippen LogP contribution is 2.20. The smallest absolute Gasteiger partial charge is 0.342 e. The van der Waals surface area contributed by atoms with Gasteiger partial charge >= 0.3 is 5.97 Å². The third kappa shape index (κ3) is 4.55. The number of likely N-dealkylation sites (tertiary alicyclic amines) is 1. The fourth-order valence-corrected chi connectivity index (χ4v) is 3.68. The first-order valence-electron chi connectivity index (χ1n) is 9.59. The van der Waals surface area contributed by atoms with Gasteiger partial charge in [-0.2, -0.15) is 5.10 Å². The highest BCUT2D eigenvalue weighted by Gasteiger charge is 2.24. The number of benzene rings is 1. The fourth-order valence-electron chi connectivity index (χ4n) is 3.48. The van der Waals surface area contributed by atoms with Gasteiger partial charge in [0.15, 0.2) is 6.61 Å². The van der Waals surface area contributed by atoms with Crippen LogP contribution in [0.3, 0.4) is 0 Å². The number of ether oxygens (including phenoxy) is 1. The monoisotopic (exact) mass is 403 g/mol. The molecule has 0 saturated carbocycles. The molecule has 0 bridgehead atoms. The number of hydrogen-bond donors (Lipinski definition) is 0. The molecule has 1 saturated heterocycles. The molecule has 2 aromatic rings. The van der Waals surface area contributed by atoms with Crippen LogP contribution in [0.2, 0.25) is 5.02 Å². The third-order valence-electron chi connectivity index (χ3n) is 5.33. The summed E-state index contributed by atoms with van der Waals surface area (Å²) in [6.45, 7) is 7.46. The van der Waals surface area contributed by atoms with E-state index >= 15 is 0 Å². The molecule has 0 unspecified atom stereocenters. The van der Waals surface area contributed by atoms with Gasteiger partial charge in [-0.25, -0.2) is 4.79 Å². The molecule has 7 heteroatoms. The molecule has 150 valence electrons. The number of rotatable bonds is 5. The molecule has 6 nitrogen and oxygen atoms in total. The van der Waals surface area contributed by atoms with E-state index in [4.69, 9.17) is 16.3 Å². The lowest BCUT2D eigenvalue weighted by molar-refractivity contribution is -0.135. The van der Waals surface area contributed by atoms with Crippen molar-refractivity contribution in [1.29, 1.82) is 0 Å². The molecule has 1 aliphatic rings. The van der Waals surface area contributed by atoms with Crippen molar-refractivity contribution in [2.24, 2.45) is 5.92 Å². The van der Waals surface area contributed by atoms with Crippen molar-refractivity contribution in [2.45, 2.75) is 40.2 Å². The summed E-state index contributed by atoms with van der Waals surface area (Å²) in [6.07, 6.45) is 1.99. The Morgan fingerprint density at radius 3 is 2.57 bits per heavy atom. The standard InChI is InChI=1S/C21H26ClN3O3/c1-14-8-10-24(11-9-14)19(26)13-28-21(27)20-15(2)23-25(16(20)3)12-17-6-4-5-7-18(17)22/h4-7,14H,8-13H2,1-3H3. The largest absolute Gasteiger partial charge is 0.452 e. The van der Waals surface area contributed by atoms with Crippen molar-refractivity contribution in [2.75, 3.05) is 19.7 Å². The van der Waals surface area contributed by atoms with Gasteiger partial charge in [-0.1, -0.05) is 36.7 Å². The van der Waals surface area contributed by atoms with Crippen LogP contribution >= 0.6 is 11.6 Å². The molecule has 0 N–H and O–H groups in total. The van der Waals surface area contributed by atoms with Gasteiger partial charge < -0.3 is 9.64 Å². The number of hydrogen-bond acceptors (Lipinski definition) is 4. The Balaban J connectivity index is 1.65. The molecule has 0 radical (unpaired) electrons. The van der Waals surface area contributed by atoms with Crippen LogP contribution < -0.4 is 0 Å². The number of carbonyl (C=O) groups excluding carboxylic acids is 2. The predicted octanol–water partition coefficient (Wildman–Crippen LogP) is 3.62. The van der Waals surface area contributed by atoms with E-state index in [1.807, 2.05) is 31.2 Å². The zero-order valence-corrected chi connectivity index (χ0v) is 17.3. The maximum atomic E-state index is 12.6. The van der Waals surface area contributed by atoms with E-state index in [9.17, 15) is 9.59 Å². The van der Waals surface area contributed by atoms with Crippen molar-refractivity contribution in [3.8, 4) is 0 Å². The van der Waals surface area contributed by atoms with Crippen molar-refractivity contribution in [1.82, 2.24) is 14.7 Å². The Bertz CT molecular complexity index is 870. The van der Waals surface area contributed by atoms with Gasteiger partial charge in [0, 0.05) is 18.1 Å². The molecule has 28 heavy (non-hydrogen) atoms. The maximum Gasteiger partial charge on any atom is 0.342 e. The summed E-state index contributed by atoms with van der Waals surface area (Å²) in [5.74, 6) is -0.0148. The molecule has 1 aliphatic heterocycles. The van der Waals surface area contributed by atoms with Gasteiger partial charge in [0.05, 0.1) is 17.9 Å². The van der Waals surface area contributed by atoms with Crippen LogP contribution in [0.5, 0.6) is 0 Å². The lowest BCUT2D eigenvalue weighted by atomic mass is 9.99. The number of piperidine rings is 1. The summed E-state index contributed by atoms with van der Waals surface area (Å²) in [5, 5.41) is 5.11. The van der Waals surface area contributed by atoms with Crippen molar-refractivity contribution in [3.05, 3.63) is 51.8 Å². The third-order valence-corrected chi connectivity index (χ3v) is 5.70.